The fraction of sp³-hybridized carbons (Fsp3) is 0.667. The van der Waals surface area contributed by atoms with Crippen LogP contribution in [0.25, 0.3) is 0 Å². The predicted molar refractivity (Wildman–Crippen MR) is 94.0 cm³/mol. The highest BCUT2D eigenvalue weighted by molar-refractivity contribution is 6.16. The topological polar surface area (TPSA) is 219 Å². The van der Waals surface area contributed by atoms with Gasteiger partial charge in [0.2, 0.25) is 0 Å². The van der Waals surface area contributed by atoms with E-state index in [1.165, 1.54) is 0 Å². The molecule has 2 aliphatic rings. The standard InChI is InChI=1S/C15H19BFN3O11/c16-12(21)14(24,25)31-15(26,27)13(22,23)19(12)11-5-9(20(28)29)4-8(18-11)6-30-10-2-1-7(17)3-10/h4-5,7,10,21-27H,1-3,6H2. The summed E-state index contributed by atoms with van der Waals surface area (Å²) in [6, 6.07) is 1.43. The van der Waals surface area contributed by atoms with E-state index in [1.54, 1.807) is 0 Å². The number of alkyl halides is 1. The monoisotopic (exact) mass is 447 g/mol. The number of nitro groups is 1. The van der Waals surface area contributed by atoms with Gasteiger partial charge in [-0.15, -0.1) is 0 Å². The van der Waals surface area contributed by atoms with Gasteiger partial charge in [0.15, 0.2) is 13.5 Å². The van der Waals surface area contributed by atoms with E-state index in [0.717, 1.165) is 6.07 Å². The van der Waals surface area contributed by atoms with Crippen LogP contribution in [0, 0.1) is 10.1 Å². The Morgan fingerprint density at radius 3 is 2.42 bits per heavy atom. The second-order valence-corrected chi connectivity index (χ2v) is 7.29. The maximum Gasteiger partial charge on any atom is 0.362 e. The van der Waals surface area contributed by atoms with Crippen molar-refractivity contribution in [1.29, 1.82) is 0 Å². The van der Waals surface area contributed by atoms with Crippen LogP contribution >= 0.6 is 0 Å². The van der Waals surface area contributed by atoms with Gasteiger partial charge in [0.05, 0.1) is 29.4 Å². The average molecular weight is 447 g/mol. The van der Waals surface area contributed by atoms with E-state index in [-0.39, 0.29) is 18.5 Å². The molecule has 1 saturated carbocycles. The van der Waals surface area contributed by atoms with Gasteiger partial charge < -0.3 is 40.5 Å². The predicted octanol–water partition coefficient (Wildman–Crippen LogP) is -3.04. The lowest BCUT2D eigenvalue weighted by Gasteiger charge is -2.57. The molecule has 0 spiro atoms. The van der Waals surface area contributed by atoms with Gasteiger partial charge >= 0.3 is 17.9 Å². The average Bonchev–Trinajstić information content (AvgIpc) is 3.02. The van der Waals surface area contributed by atoms with Crippen LogP contribution in [0.3, 0.4) is 0 Å². The zero-order valence-corrected chi connectivity index (χ0v) is 15.7. The molecule has 170 valence electrons. The molecule has 1 aromatic rings. The Morgan fingerprint density at radius 2 is 1.87 bits per heavy atom. The number of aliphatic hydroxyl groups is 7. The van der Waals surface area contributed by atoms with Crippen molar-refractivity contribution in [2.45, 2.75) is 61.6 Å². The first-order chi connectivity index (χ1) is 14.1. The zero-order chi connectivity index (χ0) is 23.4. The second kappa shape index (κ2) is 7.54. The van der Waals surface area contributed by atoms with Gasteiger partial charge in [0, 0.05) is 12.5 Å². The Kier molecular flexibility index (Phi) is 5.75. The lowest BCUT2D eigenvalue weighted by molar-refractivity contribution is -0.575. The minimum Gasteiger partial charge on any atom is -0.372 e. The largest absolute Gasteiger partial charge is 0.372 e. The summed E-state index contributed by atoms with van der Waals surface area (Å²) in [6.07, 6.45) is -0.810. The van der Waals surface area contributed by atoms with Crippen molar-refractivity contribution in [3.05, 3.63) is 27.9 Å². The van der Waals surface area contributed by atoms with Crippen LogP contribution in [0.4, 0.5) is 15.9 Å². The van der Waals surface area contributed by atoms with Crippen LogP contribution in [-0.4, -0.2) is 89.3 Å². The lowest BCUT2D eigenvalue weighted by Crippen LogP contribution is -2.85. The summed E-state index contributed by atoms with van der Waals surface area (Å²) in [5.74, 6) is -13.3. The van der Waals surface area contributed by atoms with Crippen molar-refractivity contribution in [2.75, 3.05) is 4.90 Å². The van der Waals surface area contributed by atoms with Crippen LogP contribution in [0.1, 0.15) is 25.0 Å². The van der Waals surface area contributed by atoms with Crippen LogP contribution < -0.4 is 4.90 Å². The van der Waals surface area contributed by atoms with Crippen molar-refractivity contribution in [1.82, 2.24) is 4.98 Å². The molecule has 1 aromatic heterocycles. The SMILES string of the molecule is [B]C1(O)N(c2cc([N+](=O)[O-])cc(COC3CCC(F)C3)n2)C(O)(O)C(O)(O)OC1(O)O. The molecule has 3 rings (SSSR count). The molecule has 1 aliphatic carbocycles. The van der Waals surface area contributed by atoms with E-state index in [9.17, 15) is 50.3 Å². The number of pyridine rings is 1. The van der Waals surface area contributed by atoms with Crippen LogP contribution in [0.15, 0.2) is 12.1 Å². The van der Waals surface area contributed by atoms with Crippen molar-refractivity contribution in [2.24, 2.45) is 0 Å². The summed E-state index contributed by atoms with van der Waals surface area (Å²) in [6.45, 7) is -0.421. The lowest BCUT2D eigenvalue weighted by atomic mass is 9.83. The second-order valence-electron chi connectivity index (χ2n) is 7.29. The summed E-state index contributed by atoms with van der Waals surface area (Å²) in [5.41, 5.74) is -4.72. The van der Waals surface area contributed by atoms with Crippen LogP contribution in [-0.2, 0) is 16.1 Å². The molecule has 7 N–H and O–H groups in total. The summed E-state index contributed by atoms with van der Waals surface area (Å²) in [7, 11) is 5.33. The molecule has 2 fully saturated rings. The number of nitrogens with zero attached hydrogens (tertiary/aromatic N) is 3. The highest BCUT2D eigenvalue weighted by Crippen LogP contribution is 2.44. The molecule has 14 nitrogen and oxygen atoms in total. The Hall–Kier alpha value is -2.02. The Bertz CT molecular complexity index is 843. The summed E-state index contributed by atoms with van der Waals surface area (Å²) < 4.78 is 22.6. The number of anilines is 1. The normalized spacial score (nSPS) is 31.5. The number of hydrogen-bond donors (Lipinski definition) is 7. The minimum absolute atomic E-state index is 0.0965. The van der Waals surface area contributed by atoms with E-state index in [0.29, 0.717) is 12.5 Å². The third-order valence-corrected chi connectivity index (χ3v) is 4.93. The number of rotatable bonds is 5. The molecule has 2 radical (unpaired) electrons. The molecule has 31 heavy (non-hydrogen) atoms. The van der Waals surface area contributed by atoms with Gasteiger partial charge in [-0.25, -0.2) is 9.37 Å². The molecule has 0 amide bonds. The molecule has 0 bridgehead atoms. The van der Waals surface area contributed by atoms with Gasteiger partial charge in [-0.3, -0.25) is 19.8 Å². The van der Waals surface area contributed by atoms with Crippen molar-refractivity contribution in [3.63, 3.8) is 0 Å². The molecule has 0 aromatic carbocycles. The highest BCUT2D eigenvalue weighted by atomic mass is 19.1. The van der Waals surface area contributed by atoms with E-state index in [2.05, 4.69) is 9.72 Å². The Morgan fingerprint density at radius 1 is 1.23 bits per heavy atom. The van der Waals surface area contributed by atoms with Gasteiger partial charge in [0.25, 0.3) is 5.69 Å². The molecule has 3 unspecified atom stereocenters. The molecule has 16 heteroatoms. The first-order valence-corrected chi connectivity index (χ1v) is 8.85. The first-order valence-electron chi connectivity index (χ1n) is 8.85. The third-order valence-electron chi connectivity index (χ3n) is 4.93. The quantitative estimate of drug-likeness (QED) is 0.103. The maximum absolute atomic E-state index is 13.3. The number of aromatic nitrogens is 1. The van der Waals surface area contributed by atoms with Gasteiger partial charge in [-0.2, -0.15) is 0 Å². The van der Waals surface area contributed by atoms with E-state index in [1.807, 2.05) is 0 Å². The molecular weight excluding hydrogens is 428 g/mol. The fourth-order valence-electron chi connectivity index (χ4n) is 3.30. The van der Waals surface area contributed by atoms with Crippen molar-refractivity contribution in [3.8, 4) is 0 Å². The van der Waals surface area contributed by atoms with E-state index in [4.69, 9.17) is 12.6 Å². The molecule has 3 atom stereocenters. The minimum atomic E-state index is -4.18. The van der Waals surface area contributed by atoms with Crippen molar-refractivity contribution < 1.29 is 54.5 Å². The van der Waals surface area contributed by atoms with Gasteiger partial charge in [-0.05, 0) is 12.8 Å². The summed E-state index contributed by atoms with van der Waals surface area (Å²) in [5, 5.41) is 80.8. The molecule has 1 aliphatic heterocycles. The number of halogens is 1. The van der Waals surface area contributed by atoms with E-state index >= 15 is 0 Å². The third kappa shape index (κ3) is 4.09. The Labute approximate surface area is 174 Å². The molecule has 2 heterocycles. The van der Waals surface area contributed by atoms with Crippen LogP contribution in [0.5, 0.6) is 0 Å². The number of hydrogen-bond acceptors (Lipinski definition) is 13. The summed E-state index contributed by atoms with van der Waals surface area (Å²) in [4.78, 5) is 13.7. The van der Waals surface area contributed by atoms with Crippen molar-refractivity contribution >= 4 is 19.4 Å². The summed E-state index contributed by atoms with van der Waals surface area (Å²) >= 11 is 0. The molecular formula is C15H19BFN3O11. The highest BCUT2D eigenvalue weighted by Gasteiger charge is 2.72. The number of morpholine rings is 1. The fourth-order valence-corrected chi connectivity index (χ4v) is 3.30. The van der Waals surface area contributed by atoms with Gasteiger partial charge in [-0.1, -0.05) is 0 Å². The zero-order valence-electron chi connectivity index (χ0n) is 15.7. The van der Waals surface area contributed by atoms with E-state index < -0.39 is 63.7 Å². The van der Waals surface area contributed by atoms with Crippen LogP contribution in [0.2, 0.25) is 0 Å². The Balaban J connectivity index is 2.04. The maximum atomic E-state index is 13.3. The van der Waals surface area contributed by atoms with Gasteiger partial charge in [0.1, 0.15) is 12.0 Å². The smallest absolute Gasteiger partial charge is 0.362 e. The number of ether oxygens (including phenoxy) is 2. The molecule has 1 saturated heterocycles. The first kappa shape index (κ1) is 23.6.